The zero-order chi connectivity index (χ0) is 15.2. The van der Waals surface area contributed by atoms with Crippen LogP contribution in [0.4, 0.5) is 8.78 Å². The van der Waals surface area contributed by atoms with Gasteiger partial charge in [-0.3, -0.25) is 0 Å². The SMILES string of the molecule is CCCNC(Cc1ccc(F)cc1F)C1CCOC1CC. The maximum Gasteiger partial charge on any atom is 0.129 e. The maximum absolute atomic E-state index is 13.9. The van der Waals surface area contributed by atoms with Crippen molar-refractivity contribution in [2.24, 2.45) is 5.92 Å². The molecule has 1 aromatic carbocycles. The molecule has 0 aromatic heterocycles. The molecule has 2 nitrogen and oxygen atoms in total. The molecule has 118 valence electrons. The minimum absolute atomic E-state index is 0.178. The third-order valence-electron chi connectivity index (χ3n) is 4.29. The molecule has 1 aliphatic rings. The summed E-state index contributed by atoms with van der Waals surface area (Å²) >= 11 is 0. The second kappa shape index (κ2) is 7.85. The van der Waals surface area contributed by atoms with Crippen molar-refractivity contribution in [3.05, 3.63) is 35.4 Å². The van der Waals surface area contributed by atoms with Crippen LogP contribution in [-0.2, 0) is 11.2 Å². The van der Waals surface area contributed by atoms with E-state index in [4.69, 9.17) is 4.74 Å². The Hall–Kier alpha value is -1.00. The van der Waals surface area contributed by atoms with Crippen molar-refractivity contribution in [1.29, 1.82) is 0 Å². The summed E-state index contributed by atoms with van der Waals surface area (Å²) < 4.78 is 32.7. The average molecular weight is 297 g/mol. The first-order valence-corrected chi connectivity index (χ1v) is 7.94. The van der Waals surface area contributed by atoms with Crippen LogP contribution in [0, 0.1) is 17.6 Å². The van der Waals surface area contributed by atoms with Crippen molar-refractivity contribution in [3.63, 3.8) is 0 Å². The van der Waals surface area contributed by atoms with Crippen molar-refractivity contribution in [2.75, 3.05) is 13.2 Å². The second-order valence-corrected chi connectivity index (χ2v) is 5.77. The molecule has 0 bridgehead atoms. The van der Waals surface area contributed by atoms with Crippen LogP contribution >= 0.6 is 0 Å². The van der Waals surface area contributed by atoms with Gasteiger partial charge in [0.2, 0.25) is 0 Å². The summed E-state index contributed by atoms with van der Waals surface area (Å²) in [7, 11) is 0. The lowest BCUT2D eigenvalue weighted by Crippen LogP contribution is -2.42. The quantitative estimate of drug-likeness (QED) is 0.829. The molecule has 2 rings (SSSR count). The van der Waals surface area contributed by atoms with Crippen LogP contribution in [0.5, 0.6) is 0 Å². The van der Waals surface area contributed by atoms with Crippen LogP contribution < -0.4 is 5.32 Å². The Morgan fingerprint density at radius 3 is 2.81 bits per heavy atom. The number of hydrogen-bond acceptors (Lipinski definition) is 2. The molecule has 1 saturated heterocycles. The predicted molar refractivity (Wildman–Crippen MR) is 80.3 cm³/mol. The first-order valence-electron chi connectivity index (χ1n) is 7.94. The van der Waals surface area contributed by atoms with E-state index in [2.05, 4.69) is 19.2 Å². The van der Waals surface area contributed by atoms with Crippen molar-refractivity contribution in [2.45, 2.75) is 51.7 Å². The standard InChI is InChI=1S/C17H25F2NO/c1-3-8-20-16(14-7-9-21-17(14)4-2)10-12-5-6-13(18)11-15(12)19/h5-6,11,14,16-17,20H,3-4,7-10H2,1-2H3. The van der Waals surface area contributed by atoms with Crippen molar-refractivity contribution >= 4 is 0 Å². The van der Waals surface area contributed by atoms with Gasteiger partial charge in [0.15, 0.2) is 0 Å². The van der Waals surface area contributed by atoms with Gasteiger partial charge in [-0.1, -0.05) is 19.9 Å². The van der Waals surface area contributed by atoms with Gasteiger partial charge in [-0.25, -0.2) is 8.78 Å². The normalized spacial score (nSPS) is 23.4. The Morgan fingerprint density at radius 1 is 1.33 bits per heavy atom. The molecule has 0 spiro atoms. The largest absolute Gasteiger partial charge is 0.378 e. The van der Waals surface area contributed by atoms with E-state index >= 15 is 0 Å². The summed E-state index contributed by atoms with van der Waals surface area (Å²) in [6.45, 7) is 5.92. The molecular weight excluding hydrogens is 272 g/mol. The van der Waals surface area contributed by atoms with E-state index in [1.54, 1.807) is 6.07 Å². The highest BCUT2D eigenvalue weighted by Crippen LogP contribution is 2.28. The number of rotatable bonds is 7. The van der Waals surface area contributed by atoms with Gasteiger partial charge in [0, 0.05) is 24.6 Å². The predicted octanol–water partition coefficient (Wildman–Crippen LogP) is 3.69. The molecule has 1 N–H and O–H groups in total. The molecule has 1 aliphatic heterocycles. The summed E-state index contributed by atoms with van der Waals surface area (Å²) in [5, 5.41) is 3.53. The monoisotopic (exact) mass is 297 g/mol. The van der Waals surface area contributed by atoms with Gasteiger partial charge < -0.3 is 10.1 Å². The van der Waals surface area contributed by atoms with Gasteiger partial charge in [-0.2, -0.15) is 0 Å². The summed E-state index contributed by atoms with van der Waals surface area (Å²) in [5.74, 6) is -0.582. The van der Waals surface area contributed by atoms with E-state index in [1.807, 2.05) is 0 Å². The molecular formula is C17H25F2NO. The van der Waals surface area contributed by atoms with Gasteiger partial charge in [0.1, 0.15) is 11.6 Å². The van der Waals surface area contributed by atoms with Crippen LogP contribution in [0.25, 0.3) is 0 Å². The molecule has 21 heavy (non-hydrogen) atoms. The number of halogens is 2. The molecule has 0 saturated carbocycles. The van der Waals surface area contributed by atoms with Crippen LogP contribution in [0.15, 0.2) is 18.2 Å². The number of nitrogens with one attached hydrogen (secondary N) is 1. The van der Waals surface area contributed by atoms with Gasteiger partial charge >= 0.3 is 0 Å². The number of ether oxygens (including phenoxy) is 1. The Bertz CT molecular complexity index is 452. The smallest absolute Gasteiger partial charge is 0.129 e. The van der Waals surface area contributed by atoms with E-state index in [0.29, 0.717) is 17.9 Å². The Labute approximate surface area is 125 Å². The topological polar surface area (TPSA) is 21.3 Å². The fraction of sp³-hybridized carbons (Fsp3) is 0.647. The first-order chi connectivity index (χ1) is 10.2. The minimum Gasteiger partial charge on any atom is -0.378 e. The molecule has 3 unspecified atom stereocenters. The lowest BCUT2D eigenvalue weighted by molar-refractivity contribution is 0.0773. The highest BCUT2D eigenvalue weighted by atomic mass is 19.1. The van der Waals surface area contributed by atoms with Crippen LogP contribution in [-0.4, -0.2) is 25.3 Å². The Morgan fingerprint density at radius 2 is 2.14 bits per heavy atom. The highest BCUT2D eigenvalue weighted by molar-refractivity contribution is 5.20. The van der Waals surface area contributed by atoms with Crippen LogP contribution in [0.1, 0.15) is 38.7 Å². The first kappa shape index (κ1) is 16.4. The number of hydrogen-bond donors (Lipinski definition) is 1. The van der Waals surface area contributed by atoms with E-state index in [9.17, 15) is 8.78 Å². The molecule has 1 fully saturated rings. The van der Waals surface area contributed by atoms with Gasteiger partial charge in [0.05, 0.1) is 6.10 Å². The van der Waals surface area contributed by atoms with E-state index < -0.39 is 11.6 Å². The molecule has 4 heteroatoms. The molecule has 1 aromatic rings. The fourth-order valence-electron chi connectivity index (χ4n) is 3.17. The van der Waals surface area contributed by atoms with Gasteiger partial charge in [-0.15, -0.1) is 0 Å². The minimum atomic E-state index is -0.523. The fourth-order valence-corrected chi connectivity index (χ4v) is 3.17. The number of benzene rings is 1. The van der Waals surface area contributed by atoms with E-state index in [0.717, 1.165) is 38.5 Å². The Kier molecular flexibility index (Phi) is 6.12. The van der Waals surface area contributed by atoms with Gasteiger partial charge in [0.25, 0.3) is 0 Å². The molecule has 0 aliphatic carbocycles. The lowest BCUT2D eigenvalue weighted by Gasteiger charge is -2.28. The molecule has 0 amide bonds. The summed E-state index contributed by atoms with van der Waals surface area (Å²) in [4.78, 5) is 0. The van der Waals surface area contributed by atoms with E-state index in [-0.39, 0.29) is 12.1 Å². The summed E-state index contributed by atoms with van der Waals surface area (Å²) in [5.41, 5.74) is 0.576. The highest BCUT2D eigenvalue weighted by Gasteiger charge is 2.33. The molecule has 1 heterocycles. The summed E-state index contributed by atoms with van der Waals surface area (Å²) in [6, 6.07) is 4.03. The molecule has 3 atom stereocenters. The Balaban J connectivity index is 2.11. The van der Waals surface area contributed by atoms with Crippen molar-refractivity contribution in [3.8, 4) is 0 Å². The lowest BCUT2D eigenvalue weighted by atomic mass is 9.87. The summed E-state index contributed by atoms with van der Waals surface area (Å²) in [6.07, 6.45) is 3.83. The zero-order valence-electron chi connectivity index (χ0n) is 12.9. The van der Waals surface area contributed by atoms with Crippen molar-refractivity contribution < 1.29 is 13.5 Å². The second-order valence-electron chi connectivity index (χ2n) is 5.77. The van der Waals surface area contributed by atoms with E-state index in [1.165, 1.54) is 6.07 Å². The van der Waals surface area contributed by atoms with Gasteiger partial charge in [-0.05, 0) is 43.9 Å². The average Bonchev–Trinajstić information content (AvgIpc) is 2.94. The molecule has 0 radical (unpaired) electrons. The third kappa shape index (κ3) is 4.24. The van der Waals surface area contributed by atoms with Crippen molar-refractivity contribution in [1.82, 2.24) is 5.32 Å². The third-order valence-corrected chi connectivity index (χ3v) is 4.29. The van der Waals surface area contributed by atoms with Crippen LogP contribution in [0.3, 0.4) is 0 Å². The van der Waals surface area contributed by atoms with Crippen LogP contribution in [0.2, 0.25) is 0 Å². The maximum atomic E-state index is 13.9. The zero-order valence-corrected chi connectivity index (χ0v) is 12.9.